The minimum absolute atomic E-state index is 0.252. The summed E-state index contributed by atoms with van der Waals surface area (Å²) in [4.78, 5) is 2.52. The maximum absolute atomic E-state index is 8.93. The molecule has 1 aliphatic heterocycles. The van der Waals surface area contributed by atoms with Gasteiger partial charge >= 0.3 is 0 Å². The molecule has 0 spiro atoms. The molecule has 2 bridgehead atoms. The molecule has 1 saturated heterocycles. The van der Waals surface area contributed by atoms with Gasteiger partial charge < -0.3 is 5.21 Å². The summed E-state index contributed by atoms with van der Waals surface area (Å²) in [5, 5.41) is 12.4. The summed E-state index contributed by atoms with van der Waals surface area (Å²) in [6, 6.07) is 0. The van der Waals surface area contributed by atoms with Crippen LogP contribution in [-0.4, -0.2) is 34.4 Å². The van der Waals surface area contributed by atoms with Crippen molar-refractivity contribution < 1.29 is 5.21 Å². The van der Waals surface area contributed by atoms with E-state index in [0.29, 0.717) is 11.8 Å². The third-order valence-electron chi connectivity index (χ3n) is 3.65. The second-order valence-electron chi connectivity index (χ2n) is 5.57. The van der Waals surface area contributed by atoms with Gasteiger partial charge in [0.1, 0.15) is 0 Å². The number of likely N-dealkylation sites (tertiary alicyclic amines) is 1. The number of hydrogen-bond acceptors (Lipinski definition) is 3. The predicted octanol–water partition coefficient (Wildman–Crippen LogP) is 1.96. The minimum Gasteiger partial charge on any atom is -0.411 e. The molecule has 1 aliphatic carbocycles. The zero-order valence-corrected chi connectivity index (χ0v) is 9.32. The predicted molar refractivity (Wildman–Crippen MR) is 56.8 cm³/mol. The zero-order valence-electron chi connectivity index (χ0n) is 9.32. The Balaban J connectivity index is 2.14. The van der Waals surface area contributed by atoms with E-state index in [1.165, 1.54) is 12.8 Å². The maximum atomic E-state index is 8.93. The van der Waals surface area contributed by atoms with Crippen molar-refractivity contribution in [3.05, 3.63) is 0 Å². The summed E-state index contributed by atoms with van der Waals surface area (Å²) < 4.78 is 0. The van der Waals surface area contributed by atoms with Gasteiger partial charge in [0.25, 0.3) is 0 Å². The van der Waals surface area contributed by atoms with Crippen molar-refractivity contribution in [3.63, 3.8) is 0 Å². The lowest BCUT2D eigenvalue weighted by atomic mass is 9.92. The van der Waals surface area contributed by atoms with Crippen LogP contribution in [0.4, 0.5) is 0 Å². The topological polar surface area (TPSA) is 35.8 Å². The van der Waals surface area contributed by atoms with E-state index in [0.717, 1.165) is 18.8 Å². The van der Waals surface area contributed by atoms with E-state index in [4.69, 9.17) is 5.21 Å². The van der Waals surface area contributed by atoms with E-state index < -0.39 is 0 Å². The summed E-state index contributed by atoms with van der Waals surface area (Å²) in [6.45, 7) is 8.91. The van der Waals surface area contributed by atoms with Crippen molar-refractivity contribution in [2.24, 2.45) is 17.0 Å². The Labute approximate surface area is 85.8 Å². The van der Waals surface area contributed by atoms with E-state index in [-0.39, 0.29) is 5.54 Å². The van der Waals surface area contributed by atoms with Crippen LogP contribution in [0, 0.1) is 11.8 Å². The van der Waals surface area contributed by atoms with Crippen molar-refractivity contribution in [3.8, 4) is 0 Å². The Morgan fingerprint density at radius 1 is 1.21 bits per heavy atom. The second-order valence-corrected chi connectivity index (χ2v) is 5.57. The van der Waals surface area contributed by atoms with Gasteiger partial charge in [0.15, 0.2) is 0 Å². The summed E-state index contributed by atoms with van der Waals surface area (Å²) in [6.07, 6.45) is 2.41. The third kappa shape index (κ3) is 1.54. The van der Waals surface area contributed by atoms with Crippen molar-refractivity contribution in [1.29, 1.82) is 0 Å². The first-order valence-electron chi connectivity index (χ1n) is 5.49. The number of fused-ring (bicyclic) bond motifs is 2. The first-order valence-corrected chi connectivity index (χ1v) is 5.49. The fraction of sp³-hybridized carbons (Fsp3) is 0.909. The van der Waals surface area contributed by atoms with Crippen molar-refractivity contribution in [2.75, 3.05) is 13.1 Å². The largest absolute Gasteiger partial charge is 0.411 e. The maximum Gasteiger partial charge on any atom is 0.0657 e. The van der Waals surface area contributed by atoms with Gasteiger partial charge in [-0.15, -0.1) is 0 Å². The number of nitrogens with zero attached hydrogens (tertiary/aromatic N) is 2. The molecule has 0 amide bonds. The van der Waals surface area contributed by atoms with Gasteiger partial charge in [-0.05, 0) is 33.6 Å². The van der Waals surface area contributed by atoms with Crippen LogP contribution in [0.3, 0.4) is 0 Å². The van der Waals surface area contributed by atoms with Crippen LogP contribution >= 0.6 is 0 Å². The number of hydrogen-bond donors (Lipinski definition) is 1. The molecular weight excluding hydrogens is 176 g/mol. The smallest absolute Gasteiger partial charge is 0.0657 e. The Bertz CT molecular complexity index is 239. The van der Waals surface area contributed by atoms with E-state index in [1.54, 1.807) is 0 Å². The number of rotatable bonds is 0. The SMILES string of the molecule is CC(C)(C)N1C[C@@H]2CC[C@@H](C1)C2=NO. The fourth-order valence-electron chi connectivity index (χ4n) is 2.72. The average Bonchev–Trinajstić information content (AvgIpc) is 2.32. The van der Waals surface area contributed by atoms with Gasteiger partial charge in [0.05, 0.1) is 5.71 Å². The van der Waals surface area contributed by atoms with Gasteiger partial charge in [0, 0.05) is 30.5 Å². The molecule has 2 atom stereocenters. The molecule has 14 heavy (non-hydrogen) atoms. The van der Waals surface area contributed by atoms with Gasteiger partial charge in [-0.25, -0.2) is 0 Å². The van der Waals surface area contributed by atoms with Crippen LogP contribution in [0.5, 0.6) is 0 Å². The monoisotopic (exact) mass is 196 g/mol. The van der Waals surface area contributed by atoms with Gasteiger partial charge in [0.2, 0.25) is 0 Å². The van der Waals surface area contributed by atoms with Crippen LogP contribution in [0.15, 0.2) is 5.16 Å². The quantitative estimate of drug-likeness (QED) is 0.475. The normalized spacial score (nSPS) is 33.5. The molecule has 1 N–H and O–H groups in total. The highest BCUT2D eigenvalue weighted by atomic mass is 16.4. The highest BCUT2D eigenvalue weighted by Crippen LogP contribution is 2.36. The van der Waals surface area contributed by atoms with Gasteiger partial charge in [-0.2, -0.15) is 0 Å². The molecule has 0 aromatic rings. The highest BCUT2D eigenvalue weighted by Gasteiger charge is 2.42. The number of piperidine rings is 1. The Morgan fingerprint density at radius 3 is 2.07 bits per heavy atom. The molecule has 2 rings (SSSR count). The van der Waals surface area contributed by atoms with Crippen LogP contribution < -0.4 is 0 Å². The number of oxime groups is 1. The lowest BCUT2D eigenvalue weighted by Gasteiger charge is -2.41. The molecule has 0 aromatic heterocycles. The summed E-state index contributed by atoms with van der Waals surface area (Å²) in [5.41, 5.74) is 1.31. The molecule has 3 nitrogen and oxygen atoms in total. The standard InChI is InChI=1S/C11H20N2O/c1-11(2,3)13-6-8-4-5-9(7-13)10(8)12-14/h8-9,14H,4-7H2,1-3H3/t8-,9-/m0/s1. The molecule has 0 radical (unpaired) electrons. The summed E-state index contributed by atoms with van der Waals surface area (Å²) in [5.74, 6) is 1.02. The lowest BCUT2D eigenvalue weighted by Crippen LogP contribution is -2.51. The highest BCUT2D eigenvalue weighted by molar-refractivity contribution is 5.91. The van der Waals surface area contributed by atoms with Gasteiger partial charge in [-0.3, -0.25) is 4.90 Å². The summed E-state index contributed by atoms with van der Waals surface area (Å²) in [7, 11) is 0. The van der Waals surface area contributed by atoms with Crippen LogP contribution in [-0.2, 0) is 0 Å². The van der Waals surface area contributed by atoms with Crippen LogP contribution in [0.25, 0.3) is 0 Å². The van der Waals surface area contributed by atoms with E-state index in [9.17, 15) is 0 Å². The Hall–Kier alpha value is -0.570. The van der Waals surface area contributed by atoms with Crippen LogP contribution in [0.1, 0.15) is 33.6 Å². The van der Waals surface area contributed by atoms with E-state index in [2.05, 4.69) is 30.8 Å². The summed E-state index contributed by atoms with van der Waals surface area (Å²) >= 11 is 0. The minimum atomic E-state index is 0.252. The van der Waals surface area contributed by atoms with Crippen molar-refractivity contribution in [1.82, 2.24) is 4.90 Å². The first kappa shape index (κ1) is 9.97. The molecule has 0 aromatic carbocycles. The Morgan fingerprint density at radius 2 is 1.71 bits per heavy atom. The molecule has 3 heteroatoms. The first-order chi connectivity index (χ1) is 6.52. The zero-order chi connectivity index (χ0) is 10.3. The molecule has 80 valence electrons. The Kier molecular flexibility index (Phi) is 2.30. The average molecular weight is 196 g/mol. The molecule has 0 unspecified atom stereocenters. The second kappa shape index (κ2) is 3.23. The van der Waals surface area contributed by atoms with E-state index in [1.807, 2.05) is 0 Å². The fourth-order valence-corrected chi connectivity index (χ4v) is 2.72. The van der Waals surface area contributed by atoms with E-state index >= 15 is 0 Å². The van der Waals surface area contributed by atoms with Crippen LogP contribution in [0.2, 0.25) is 0 Å². The van der Waals surface area contributed by atoms with Crippen molar-refractivity contribution in [2.45, 2.75) is 39.2 Å². The third-order valence-corrected chi connectivity index (χ3v) is 3.65. The lowest BCUT2D eigenvalue weighted by molar-refractivity contribution is 0.111. The molecule has 2 fully saturated rings. The molecule has 1 saturated carbocycles. The molecule has 1 heterocycles. The molecule has 2 aliphatic rings. The molecular formula is C11H20N2O. The van der Waals surface area contributed by atoms with Crippen molar-refractivity contribution >= 4 is 5.71 Å². The van der Waals surface area contributed by atoms with Gasteiger partial charge in [-0.1, -0.05) is 5.16 Å².